The number of hydrogen-bond acceptors (Lipinski definition) is 4. The first kappa shape index (κ1) is 22.5. The number of nitrogens with one attached hydrogen (secondary N) is 2. The molecule has 2 aromatic rings. The Morgan fingerprint density at radius 3 is 2.14 bits per heavy atom. The van der Waals surface area contributed by atoms with Crippen LogP contribution in [0.5, 0.6) is 0 Å². The summed E-state index contributed by atoms with van der Waals surface area (Å²) in [5.74, 6) is -1.98. The molecule has 154 valence electrons. The van der Waals surface area contributed by atoms with E-state index in [-0.39, 0.29) is 12.3 Å². The SMILES string of the molecule is CC(C)C[C@H](NC(=O)[C@H](Cc1ccccc1)NC(=O)c1ccccc1S)C(=O)O. The lowest BCUT2D eigenvalue weighted by Crippen LogP contribution is -2.52. The summed E-state index contributed by atoms with van der Waals surface area (Å²) in [5.41, 5.74) is 1.20. The lowest BCUT2D eigenvalue weighted by molar-refractivity contribution is -0.142. The van der Waals surface area contributed by atoms with Gasteiger partial charge in [-0.1, -0.05) is 56.3 Å². The number of hydrogen-bond donors (Lipinski definition) is 4. The van der Waals surface area contributed by atoms with Gasteiger partial charge in [0.1, 0.15) is 12.1 Å². The molecular weight excluding hydrogens is 388 g/mol. The molecule has 0 aliphatic carbocycles. The van der Waals surface area contributed by atoms with Crippen LogP contribution in [0.4, 0.5) is 0 Å². The minimum absolute atomic E-state index is 0.0922. The molecule has 6 nitrogen and oxygen atoms in total. The molecule has 2 atom stereocenters. The molecular formula is C22H26N2O4S. The van der Waals surface area contributed by atoms with Crippen molar-refractivity contribution in [2.24, 2.45) is 5.92 Å². The molecule has 0 heterocycles. The van der Waals surface area contributed by atoms with Crippen molar-refractivity contribution in [3.8, 4) is 0 Å². The lowest BCUT2D eigenvalue weighted by Gasteiger charge is -2.23. The highest BCUT2D eigenvalue weighted by Gasteiger charge is 2.27. The highest BCUT2D eigenvalue weighted by molar-refractivity contribution is 7.80. The van der Waals surface area contributed by atoms with E-state index in [2.05, 4.69) is 23.3 Å². The molecule has 0 unspecified atom stereocenters. The maximum absolute atomic E-state index is 12.9. The summed E-state index contributed by atoms with van der Waals surface area (Å²) in [6, 6.07) is 14.1. The van der Waals surface area contributed by atoms with Crippen molar-refractivity contribution in [2.75, 3.05) is 0 Å². The molecule has 0 aliphatic heterocycles. The Hall–Kier alpha value is -2.80. The van der Waals surface area contributed by atoms with Crippen molar-refractivity contribution in [3.63, 3.8) is 0 Å². The zero-order valence-corrected chi connectivity index (χ0v) is 17.4. The highest BCUT2D eigenvalue weighted by atomic mass is 32.1. The molecule has 7 heteroatoms. The van der Waals surface area contributed by atoms with Crippen molar-refractivity contribution < 1.29 is 19.5 Å². The number of rotatable bonds is 9. The van der Waals surface area contributed by atoms with Crippen molar-refractivity contribution in [3.05, 3.63) is 65.7 Å². The van der Waals surface area contributed by atoms with Crippen LogP contribution in [-0.4, -0.2) is 35.0 Å². The zero-order chi connectivity index (χ0) is 21.4. The summed E-state index contributed by atoms with van der Waals surface area (Å²) in [6.07, 6.45) is 0.535. The van der Waals surface area contributed by atoms with Gasteiger partial charge in [0.2, 0.25) is 5.91 Å². The number of carboxylic acid groups (broad SMARTS) is 1. The second-order valence-corrected chi connectivity index (χ2v) is 7.74. The standard InChI is InChI=1S/C22H26N2O4S/c1-14(2)12-18(22(27)28)24-21(26)17(13-15-8-4-3-5-9-15)23-20(25)16-10-6-7-11-19(16)29/h3-11,14,17-18,29H,12-13H2,1-2H3,(H,23,25)(H,24,26)(H,27,28)/t17-,18-/m0/s1. The van der Waals surface area contributed by atoms with Gasteiger partial charge in [0.05, 0.1) is 5.56 Å². The van der Waals surface area contributed by atoms with Gasteiger partial charge >= 0.3 is 5.97 Å². The smallest absolute Gasteiger partial charge is 0.326 e. The molecule has 2 rings (SSSR count). The van der Waals surface area contributed by atoms with Crippen molar-refractivity contribution in [1.82, 2.24) is 10.6 Å². The van der Waals surface area contributed by atoms with Gasteiger partial charge in [-0.25, -0.2) is 4.79 Å². The fourth-order valence-corrected chi connectivity index (χ4v) is 3.19. The Balaban J connectivity index is 2.22. The monoisotopic (exact) mass is 414 g/mol. The molecule has 0 aromatic heterocycles. The molecule has 3 N–H and O–H groups in total. The van der Waals surface area contributed by atoms with Gasteiger partial charge in [-0.05, 0) is 30.0 Å². The fourth-order valence-electron chi connectivity index (χ4n) is 2.93. The molecule has 0 aliphatic rings. The number of benzene rings is 2. The summed E-state index contributed by atoms with van der Waals surface area (Å²) < 4.78 is 0. The third kappa shape index (κ3) is 6.94. The summed E-state index contributed by atoms with van der Waals surface area (Å²) >= 11 is 4.29. The van der Waals surface area contributed by atoms with E-state index >= 15 is 0 Å². The minimum Gasteiger partial charge on any atom is -0.480 e. The van der Waals surface area contributed by atoms with Crippen LogP contribution in [0.25, 0.3) is 0 Å². The van der Waals surface area contributed by atoms with Crippen molar-refractivity contribution in [2.45, 2.75) is 43.7 Å². The lowest BCUT2D eigenvalue weighted by atomic mass is 10.0. The van der Waals surface area contributed by atoms with Crippen LogP contribution in [-0.2, 0) is 16.0 Å². The predicted octanol–water partition coefficient (Wildman–Crippen LogP) is 2.93. The Bertz CT molecular complexity index is 855. The van der Waals surface area contributed by atoms with E-state index in [1.807, 2.05) is 44.2 Å². The minimum atomic E-state index is -1.10. The molecule has 0 radical (unpaired) electrons. The number of amides is 2. The van der Waals surface area contributed by atoms with Crippen LogP contribution in [0.3, 0.4) is 0 Å². The highest BCUT2D eigenvalue weighted by Crippen LogP contribution is 2.14. The molecule has 0 saturated carbocycles. The fraction of sp³-hybridized carbons (Fsp3) is 0.318. The number of carboxylic acids is 1. The van der Waals surface area contributed by atoms with Gasteiger partial charge in [-0.2, -0.15) is 0 Å². The Labute approximate surface area is 176 Å². The van der Waals surface area contributed by atoms with Crippen molar-refractivity contribution >= 4 is 30.4 Å². The molecule has 2 amide bonds. The summed E-state index contributed by atoms with van der Waals surface area (Å²) in [5, 5.41) is 14.7. The normalized spacial score (nSPS) is 12.8. The van der Waals surface area contributed by atoms with E-state index in [1.165, 1.54) is 0 Å². The number of aliphatic carboxylic acids is 1. The third-order valence-corrected chi connectivity index (χ3v) is 4.76. The van der Waals surface area contributed by atoms with Gasteiger partial charge in [-0.15, -0.1) is 12.6 Å². The first-order valence-corrected chi connectivity index (χ1v) is 9.88. The largest absolute Gasteiger partial charge is 0.480 e. The molecule has 0 fully saturated rings. The van der Waals surface area contributed by atoms with Gasteiger partial charge in [-0.3, -0.25) is 9.59 Å². The van der Waals surface area contributed by atoms with Crippen LogP contribution in [0.15, 0.2) is 59.5 Å². The van der Waals surface area contributed by atoms with E-state index in [4.69, 9.17) is 0 Å². The molecule has 2 aromatic carbocycles. The molecule has 0 bridgehead atoms. The summed E-state index contributed by atoms with van der Waals surface area (Å²) in [4.78, 5) is 37.6. The Kier molecular flexibility index (Phi) is 8.27. The van der Waals surface area contributed by atoms with E-state index in [9.17, 15) is 19.5 Å². The molecule has 0 saturated heterocycles. The van der Waals surface area contributed by atoms with E-state index in [0.29, 0.717) is 16.9 Å². The first-order valence-electron chi connectivity index (χ1n) is 9.44. The average molecular weight is 415 g/mol. The predicted molar refractivity (Wildman–Crippen MR) is 114 cm³/mol. The van der Waals surface area contributed by atoms with Crippen LogP contribution in [0.2, 0.25) is 0 Å². The second kappa shape index (κ2) is 10.7. The van der Waals surface area contributed by atoms with Gasteiger partial charge in [0.25, 0.3) is 5.91 Å². The number of carbonyl (C=O) groups is 3. The van der Waals surface area contributed by atoms with E-state index in [1.54, 1.807) is 24.3 Å². The Morgan fingerprint density at radius 2 is 1.55 bits per heavy atom. The number of thiol groups is 1. The molecule has 0 spiro atoms. The van der Waals surface area contributed by atoms with Crippen molar-refractivity contribution in [1.29, 1.82) is 0 Å². The summed E-state index contributed by atoms with van der Waals surface area (Å²) in [7, 11) is 0. The average Bonchev–Trinajstić information content (AvgIpc) is 2.67. The topological polar surface area (TPSA) is 95.5 Å². The maximum atomic E-state index is 12.9. The number of carbonyl (C=O) groups excluding carboxylic acids is 2. The van der Waals surface area contributed by atoms with Gasteiger partial charge in [0.15, 0.2) is 0 Å². The van der Waals surface area contributed by atoms with Crippen LogP contribution in [0, 0.1) is 5.92 Å². The van der Waals surface area contributed by atoms with Gasteiger partial charge < -0.3 is 15.7 Å². The zero-order valence-electron chi connectivity index (χ0n) is 16.5. The second-order valence-electron chi connectivity index (χ2n) is 7.26. The first-order chi connectivity index (χ1) is 13.8. The van der Waals surface area contributed by atoms with E-state index in [0.717, 1.165) is 5.56 Å². The maximum Gasteiger partial charge on any atom is 0.326 e. The quantitative estimate of drug-likeness (QED) is 0.475. The Morgan fingerprint density at radius 1 is 0.931 bits per heavy atom. The third-order valence-electron chi connectivity index (χ3n) is 4.37. The molecule has 29 heavy (non-hydrogen) atoms. The van der Waals surface area contributed by atoms with Crippen LogP contribution >= 0.6 is 12.6 Å². The van der Waals surface area contributed by atoms with Crippen LogP contribution in [0.1, 0.15) is 36.2 Å². The summed E-state index contributed by atoms with van der Waals surface area (Å²) in [6.45, 7) is 3.77. The van der Waals surface area contributed by atoms with Crippen LogP contribution < -0.4 is 10.6 Å². The van der Waals surface area contributed by atoms with E-state index < -0.39 is 29.9 Å². The van der Waals surface area contributed by atoms with Gasteiger partial charge in [0, 0.05) is 11.3 Å².